The monoisotopic (exact) mass is 369 g/mol. The highest BCUT2D eigenvalue weighted by molar-refractivity contribution is 6.29. The van der Waals surface area contributed by atoms with Gasteiger partial charge in [-0.15, -0.1) is 0 Å². The van der Waals surface area contributed by atoms with E-state index in [9.17, 15) is 4.79 Å². The molecule has 1 atom stereocenters. The fourth-order valence-electron chi connectivity index (χ4n) is 3.38. The van der Waals surface area contributed by atoms with Crippen molar-refractivity contribution >= 4 is 11.6 Å². The van der Waals surface area contributed by atoms with E-state index in [0.29, 0.717) is 17.4 Å². The van der Waals surface area contributed by atoms with Crippen molar-refractivity contribution in [2.24, 2.45) is 0 Å². The Morgan fingerprint density at radius 2 is 2.00 bits per heavy atom. The Hall–Kier alpha value is -2.44. The molecule has 1 aliphatic heterocycles. The quantitative estimate of drug-likeness (QED) is 0.718. The third-order valence-electron chi connectivity index (χ3n) is 4.63. The molecule has 0 saturated carbocycles. The maximum Gasteiger partial charge on any atom is 0.350 e. The lowest BCUT2D eigenvalue weighted by molar-refractivity contribution is 0.439. The van der Waals surface area contributed by atoms with Gasteiger partial charge in [0, 0.05) is 12.5 Å². The van der Waals surface area contributed by atoms with Crippen LogP contribution in [0.4, 0.5) is 0 Å². The fraction of sp³-hybridized carbons (Fsp3) is 0.316. The second kappa shape index (κ2) is 7.43. The molecule has 0 amide bonds. The third-order valence-corrected chi connectivity index (χ3v) is 4.84. The first-order valence-corrected chi connectivity index (χ1v) is 9.17. The molecule has 0 unspecified atom stereocenters. The van der Waals surface area contributed by atoms with Gasteiger partial charge in [0.1, 0.15) is 11.0 Å². The van der Waals surface area contributed by atoms with Crippen molar-refractivity contribution in [2.75, 3.05) is 13.1 Å². The highest BCUT2D eigenvalue weighted by atomic mass is 35.5. The number of hydrogen-bond acceptors (Lipinski definition) is 4. The van der Waals surface area contributed by atoms with E-state index in [2.05, 4.69) is 15.4 Å². The summed E-state index contributed by atoms with van der Waals surface area (Å²) in [5.74, 6) is 1.01. The SMILES string of the molecule is O=c1n(Cc2cccc(Cl)n2)nc([C@@H]2CCCNC2)n1-c1ccccc1. The van der Waals surface area contributed by atoms with Crippen molar-refractivity contribution in [3.8, 4) is 5.69 Å². The molecule has 0 radical (unpaired) electrons. The van der Waals surface area contributed by atoms with Gasteiger partial charge in [0.25, 0.3) is 0 Å². The molecule has 1 aliphatic rings. The predicted octanol–water partition coefficient (Wildman–Crippen LogP) is 2.60. The van der Waals surface area contributed by atoms with Crippen LogP contribution in [0.1, 0.15) is 30.3 Å². The summed E-state index contributed by atoms with van der Waals surface area (Å²) in [5.41, 5.74) is 1.40. The molecular formula is C19H20ClN5O. The highest BCUT2D eigenvalue weighted by Crippen LogP contribution is 2.23. The molecule has 1 N–H and O–H groups in total. The van der Waals surface area contributed by atoms with Gasteiger partial charge in [-0.3, -0.25) is 0 Å². The summed E-state index contributed by atoms with van der Waals surface area (Å²) < 4.78 is 3.21. The zero-order chi connectivity index (χ0) is 17.9. The Morgan fingerprint density at radius 3 is 2.73 bits per heavy atom. The molecule has 3 heterocycles. The molecule has 3 aromatic rings. The summed E-state index contributed by atoms with van der Waals surface area (Å²) in [6, 6.07) is 15.1. The van der Waals surface area contributed by atoms with E-state index in [1.165, 1.54) is 4.68 Å². The number of benzene rings is 1. The van der Waals surface area contributed by atoms with Gasteiger partial charge in [-0.25, -0.2) is 19.0 Å². The van der Waals surface area contributed by atoms with Gasteiger partial charge in [-0.05, 0) is 43.7 Å². The van der Waals surface area contributed by atoms with Crippen molar-refractivity contribution in [3.05, 3.63) is 75.7 Å². The second-order valence-corrected chi connectivity index (χ2v) is 6.85. The standard InChI is InChI=1S/C19H20ClN5O/c20-17-10-4-7-15(22-17)13-24-19(26)25(16-8-2-1-3-9-16)18(23-24)14-6-5-11-21-12-14/h1-4,7-10,14,21H,5-6,11-13H2/t14-/m1/s1. The lowest BCUT2D eigenvalue weighted by atomic mass is 9.99. The maximum absolute atomic E-state index is 13.1. The minimum absolute atomic E-state index is 0.154. The molecule has 1 aromatic carbocycles. The van der Waals surface area contributed by atoms with Crippen LogP contribution in [0.25, 0.3) is 5.69 Å². The second-order valence-electron chi connectivity index (χ2n) is 6.46. The smallest absolute Gasteiger partial charge is 0.316 e. The maximum atomic E-state index is 13.1. The van der Waals surface area contributed by atoms with Crippen LogP contribution in [0.3, 0.4) is 0 Å². The summed E-state index contributed by atoms with van der Waals surface area (Å²) in [7, 11) is 0. The average Bonchev–Trinajstić information content (AvgIpc) is 2.99. The van der Waals surface area contributed by atoms with Crippen LogP contribution >= 0.6 is 11.6 Å². The topological polar surface area (TPSA) is 64.7 Å². The molecule has 2 aromatic heterocycles. The number of rotatable bonds is 4. The Kier molecular flexibility index (Phi) is 4.86. The van der Waals surface area contributed by atoms with E-state index in [-0.39, 0.29) is 11.6 Å². The van der Waals surface area contributed by atoms with Gasteiger partial charge >= 0.3 is 5.69 Å². The van der Waals surface area contributed by atoms with E-state index < -0.39 is 0 Å². The van der Waals surface area contributed by atoms with Crippen molar-refractivity contribution in [1.29, 1.82) is 0 Å². The van der Waals surface area contributed by atoms with Crippen LogP contribution in [0.5, 0.6) is 0 Å². The van der Waals surface area contributed by atoms with Gasteiger partial charge in [0.2, 0.25) is 0 Å². The van der Waals surface area contributed by atoms with Crippen LogP contribution in [-0.2, 0) is 6.54 Å². The van der Waals surface area contributed by atoms with Crippen LogP contribution in [0.2, 0.25) is 5.15 Å². The number of nitrogens with one attached hydrogen (secondary N) is 1. The minimum Gasteiger partial charge on any atom is -0.316 e. The lowest BCUT2D eigenvalue weighted by Crippen LogP contribution is -2.31. The number of hydrogen-bond donors (Lipinski definition) is 1. The lowest BCUT2D eigenvalue weighted by Gasteiger charge is -2.22. The Balaban J connectivity index is 1.78. The van der Waals surface area contributed by atoms with E-state index in [4.69, 9.17) is 11.6 Å². The summed E-state index contributed by atoms with van der Waals surface area (Å²) in [6.45, 7) is 2.14. The van der Waals surface area contributed by atoms with Gasteiger partial charge in [0.05, 0.1) is 17.9 Å². The molecular weight excluding hydrogens is 350 g/mol. The van der Waals surface area contributed by atoms with Crippen molar-refractivity contribution in [3.63, 3.8) is 0 Å². The largest absolute Gasteiger partial charge is 0.350 e. The minimum atomic E-state index is -0.154. The van der Waals surface area contributed by atoms with E-state index >= 15 is 0 Å². The Labute approximate surface area is 156 Å². The number of para-hydroxylation sites is 1. The number of pyridine rings is 1. The first kappa shape index (κ1) is 17.0. The predicted molar refractivity (Wildman–Crippen MR) is 101 cm³/mol. The molecule has 4 rings (SSSR count). The fourth-order valence-corrected chi connectivity index (χ4v) is 3.56. The highest BCUT2D eigenvalue weighted by Gasteiger charge is 2.24. The van der Waals surface area contributed by atoms with E-state index in [0.717, 1.165) is 37.4 Å². The number of aromatic nitrogens is 4. The first-order valence-electron chi connectivity index (χ1n) is 8.80. The number of halogens is 1. The van der Waals surface area contributed by atoms with E-state index in [1.54, 1.807) is 10.6 Å². The molecule has 0 bridgehead atoms. The molecule has 1 fully saturated rings. The van der Waals surface area contributed by atoms with Crippen LogP contribution in [-0.4, -0.2) is 32.4 Å². The molecule has 6 nitrogen and oxygen atoms in total. The Bertz CT molecular complexity index is 944. The molecule has 0 aliphatic carbocycles. The van der Waals surface area contributed by atoms with E-state index in [1.807, 2.05) is 42.5 Å². The van der Waals surface area contributed by atoms with Crippen LogP contribution in [0.15, 0.2) is 53.3 Å². The molecule has 26 heavy (non-hydrogen) atoms. The van der Waals surface area contributed by atoms with Gasteiger partial charge in [-0.1, -0.05) is 35.9 Å². The summed E-state index contributed by atoms with van der Waals surface area (Å²) in [5, 5.41) is 8.49. The van der Waals surface area contributed by atoms with Crippen molar-refractivity contribution in [2.45, 2.75) is 25.3 Å². The van der Waals surface area contributed by atoms with Crippen molar-refractivity contribution in [1.82, 2.24) is 24.6 Å². The van der Waals surface area contributed by atoms with Crippen LogP contribution in [0, 0.1) is 0 Å². The molecule has 0 spiro atoms. The van der Waals surface area contributed by atoms with Gasteiger partial charge in [-0.2, -0.15) is 5.10 Å². The molecule has 134 valence electrons. The molecule has 7 heteroatoms. The summed E-state index contributed by atoms with van der Waals surface area (Å²) >= 11 is 5.97. The number of piperidine rings is 1. The number of nitrogens with zero attached hydrogens (tertiary/aromatic N) is 4. The van der Waals surface area contributed by atoms with Gasteiger partial charge < -0.3 is 5.32 Å². The first-order chi connectivity index (χ1) is 12.7. The zero-order valence-corrected chi connectivity index (χ0v) is 15.1. The molecule has 1 saturated heterocycles. The zero-order valence-electron chi connectivity index (χ0n) is 14.3. The summed E-state index contributed by atoms with van der Waals surface area (Å²) in [4.78, 5) is 17.4. The third kappa shape index (κ3) is 3.43. The van der Waals surface area contributed by atoms with Crippen molar-refractivity contribution < 1.29 is 0 Å². The normalized spacial score (nSPS) is 17.3. The van der Waals surface area contributed by atoms with Gasteiger partial charge in [0.15, 0.2) is 0 Å². The average molecular weight is 370 g/mol. The van der Waals surface area contributed by atoms with Crippen LogP contribution < -0.4 is 11.0 Å². The Morgan fingerprint density at radius 1 is 1.15 bits per heavy atom. The summed E-state index contributed by atoms with van der Waals surface area (Å²) in [6.07, 6.45) is 2.10.